The number of rotatable bonds is 4. The van der Waals surface area contributed by atoms with Gasteiger partial charge in [-0.05, 0) is 42.7 Å². The maximum absolute atomic E-state index is 9.31. The first-order valence-corrected chi connectivity index (χ1v) is 5.44. The molecule has 82 valence electrons. The standard InChI is InChI=1S/C13H18O2/c1-10-4-3-5-11(12(10)15-2)8-13(9-14)6-7-13/h3-5,14H,6-9H2,1-2H3. The summed E-state index contributed by atoms with van der Waals surface area (Å²) < 4.78 is 5.41. The van der Waals surface area contributed by atoms with Crippen LogP contribution in [-0.2, 0) is 6.42 Å². The summed E-state index contributed by atoms with van der Waals surface area (Å²) in [7, 11) is 1.71. The van der Waals surface area contributed by atoms with E-state index in [4.69, 9.17) is 4.74 Å². The second-order valence-electron chi connectivity index (χ2n) is 4.60. The summed E-state index contributed by atoms with van der Waals surface area (Å²) in [5.41, 5.74) is 2.55. The molecule has 1 aromatic carbocycles. The van der Waals surface area contributed by atoms with Crippen LogP contribution in [0.5, 0.6) is 5.75 Å². The summed E-state index contributed by atoms with van der Waals surface area (Å²) in [6.07, 6.45) is 3.22. The Labute approximate surface area is 90.9 Å². The summed E-state index contributed by atoms with van der Waals surface area (Å²) in [5.74, 6) is 0.984. The maximum atomic E-state index is 9.31. The molecular formula is C13H18O2. The SMILES string of the molecule is COc1c(C)cccc1CC1(CO)CC1. The lowest BCUT2D eigenvalue weighted by Gasteiger charge is -2.15. The molecule has 0 bridgehead atoms. The van der Waals surface area contributed by atoms with Gasteiger partial charge < -0.3 is 9.84 Å². The lowest BCUT2D eigenvalue weighted by Crippen LogP contribution is -2.11. The fourth-order valence-electron chi connectivity index (χ4n) is 2.12. The van der Waals surface area contributed by atoms with Gasteiger partial charge in [0, 0.05) is 6.61 Å². The summed E-state index contributed by atoms with van der Waals surface area (Å²) in [4.78, 5) is 0. The van der Waals surface area contributed by atoms with Gasteiger partial charge in [0.1, 0.15) is 5.75 Å². The Morgan fingerprint density at radius 1 is 1.40 bits per heavy atom. The zero-order chi connectivity index (χ0) is 10.9. The number of para-hydroxylation sites is 1. The van der Waals surface area contributed by atoms with Crippen LogP contribution in [-0.4, -0.2) is 18.8 Å². The lowest BCUT2D eigenvalue weighted by atomic mass is 9.95. The van der Waals surface area contributed by atoms with E-state index in [-0.39, 0.29) is 5.41 Å². The Bertz CT molecular complexity index is 354. The minimum absolute atomic E-state index is 0.154. The Hall–Kier alpha value is -1.02. The Morgan fingerprint density at radius 2 is 2.13 bits per heavy atom. The van der Waals surface area contributed by atoms with Crippen molar-refractivity contribution in [3.8, 4) is 5.75 Å². The van der Waals surface area contributed by atoms with Gasteiger partial charge in [-0.3, -0.25) is 0 Å². The fraction of sp³-hybridized carbons (Fsp3) is 0.538. The summed E-state index contributed by atoms with van der Waals surface area (Å²) in [5, 5.41) is 9.31. The predicted molar refractivity (Wildman–Crippen MR) is 60.2 cm³/mol. The lowest BCUT2D eigenvalue weighted by molar-refractivity contribution is 0.210. The number of ether oxygens (including phenoxy) is 1. The second kappa shape index (κ2) is 3.86. The quantitative estimate of drug-likeness (QED) is 0.819. The summed E-state index contributed by atoms with van der Waals surface area (Å²) in [6.45, 7) is 2.35. The first-order chi connectivity index (χ1) is 7.21. The molecule has 0 saturated heterocycles. The normalized spacial score (nSPS) is 17.5. The van der Waals surface area contributed by atoms with Crippen LogP contribution in [0.2, 0.25) is 0 Å². The highest BCUT2D eigenvalue weighted by Crippen LogP contribution is 2.49. The van der Waals surface area contributed by atoms with E-state index in [0.29, 0.717) is 6.61 Å². The summed E-state index contributed by atoms with van der Waals surface area (Å²) >= 11 is 0. The van der Waals surface area contributed by atoms with Crippen molar-refractivity contribution in [3.05, 3.63) is 29.3 Å². The molecule has 0 spiro atoms. The van der Waals surface area contributed by atoms with Crippen LogP contribution in [0, 0.1) is 12.3 Å². The molecule has 0 amide bonds. The number of hydrogen-bond donors (Lipinski definition) is 1. The van der Waals surface area contributed by atoms with Crippen LogP contribution >= 0.6 is 0 Å². The van der Waals surface area contributed by atoms with Gasteiger partial charge in [-0.15, -0.1) is 0 Å². The molecule has 0 radical (unpaired) electrons. The molecule has 0 aliphatic heterocycles. The summed E-state index contributed by atoms with van der Waals surface area (Å²) in [6, 6.07) is 6.21. The first-order valence-electron chi connectivity index (χ1n) is 5.44. The second-order valence-corrected chi connectivity index (χ2v) is 4.60. The molecular weight excluding hydrogens is 188 g/mol. The van der Waals surface area contributed by atoms with E-state index >= 15 is 0 Å². The predicted octanol–water partition coefficient (Wildman–Crippen LogP) is 2.32. The van der Waals surface area contributed by atoms with E-state index in [2.05, 4.69) is 25.1 Å². The number of aliphatic hydroxyl groups is 1. The topological polar surface area (TPSA) is 29.5 Å². The third-order valence-electron chi connectivity index (χ3n) is 3.36. The van der Waals surface area contributed by atoms with Crippen molar-refractivity contribution in [1.82, 2.24) is 0 Å². The van der Waals surface area contributed by atoms with Crippen LogP contribution in [0.1, 0.15) is 24.0 Å². The molecule has 2 heteroatoms. The van der Waals surface area contributed by atoms with E-state index in [9.17, 15) is 5.11 Å². The van der Waals surface area contributed by atoms with Crippen molar-refractivity contribution < 1.29 is 9.84 Å². The molecule has 1 aromatic rings. The number of aliphatic hydroxyl groups excluding tert-OH is 1. The highest BCUT2D eigenvalue weighted by Gasteiger charge is 2.42. The monoisotopic (exact) mass is 206 g/mol. The first kappa shape index (κ1) is 10.5. The van der Waals surface area contributed by atoms with Gasteiger partial charge >= 0.3 is 0 Å². The number of benzene rings is 1. The van der Waals surface area contributed by atoms with E-state index in [0.717, 1.165) is 25.0 Å². The van der Waals surface area contributed by atoms with E-state index in [1.54, 1.807) is 7.11 Å². The molecule has 2 rings (SSSR count). The molecule has 1 saturated carbocycles. The molecule has 0 heterocycles. The van der Waals surface area contributed by atoms with Crippen LogP contribution in [0.3, 0.4) is 0 Å². The smallest absolute Gasteiger partial charge is 0.124 e. The van der Waals surface area contributed by atoms with Gasteiger partial charge in [0.2, 0.25) is 0 Å². The molecule has 1 aliphatic rings. The zero-order valence-electron chi connectivity index (χ0n) is 9.42. The average Bonchev–Trinajstić information content (AvgIpc) is 2.99. The Kier molecular flexibility index (Phi) is 2.70. The number of aryl methyl sites for hydroxylation is 1. The molecule has 2 nitrogen and oxygen atoms in total. The van der Waals surface area contributed by atoms with Crippen molar-refractivity contribution in [1.29, 1.82) is 0 Å². The Morgan fingerprint density at radius 3 is 2.67 bits per heavy atom. The average molecular weight is 206 g/mol. The van der Waals surface area contributed by atoms with Gasteiger partial charge in [0.25, 0.3) is 0 Å². The molecule has 0 aromatic heterocycles. The minimum Gasteiger partial charge on any atom is -0.496 e. The third kappa shape index (κ3) is 2.00. The third-order valence-corrected chi connectivity index (χ3v) is 3.36. The minimum atomic E-state index is 0.154. The maximum Gasteiger partial charge on any atom is 0.124 e. The van der Waals surface area contributed by atoms with Crippen molar-refractivity contribution in [2.75, 3.05) is 13.7 Å². The van der Waals surface area contributed by atoms with Crippen molar-refractivity contribution >= 4 is 0 Å². The molecule has 15 heavy (non-hydrogen) atoms. The van der Waals surface area contributed by atoms with Crippen molar-refractivity contribution in [2.45, 2.75) is 26.2 Å². The molecule has 0 unspecified atom stereocenters. The van der Waals surface area contributed by atoms with Crippen LogP contribution in [0.4, 0.5) is 0 Å². The largest absolute Gasteiger partial charge is 0.496 e. The van der Waals surface area contributed by atoms with Gasteiger partial charge in [-0.25, -0.2) is 0 Å². The molecule has 0 atom stereocenters. The van der Waals surface area contributed by atoms with E-state index in [1.807, 2.05) is 0 Å². The van der Waals surface area contributed by atoms with Crippen LogP contribution < -0.4 is 4.74 Å². The van der Waals surface area contributed by atoms with Crippen LogP contribution in [0.25, 0.3) is 0 Å². The molecule has 1 N–H and O–H groups in total. The highest BCUT2D eigenvalue weighted by molar-refractivity contribution is 5.41. The van der Waals surface area contributed by atoms with E-state index < -0.39 is 0 Å². The van der Waals surface area contributed by atoms with Gasteiger partial charge in [-0.2, -0.15) is 0 Å². The van der Waals surface area contributed by atoms with E-state index in [1.165, 1.54) is 11.1 Å². The number of hydrogen-bond acceptors (Lipinski definition) is 2. The molecule has 1 aliphatic carbocycles. The van der Waals surface area contributed by atoms with Gasteiger partial charge in [0.15, 0.2) is 0 Å². The molecule has 1 fully saturated rings. The zero-order valence-corrected chi connectivity index (χ0v) is 9.42. The van der Waals surface area contributed by atoms with Crippen molar-refractivity contribution in [3.63, 3.8) is 0 Å². The van der Waals surface area contributed by atoms with Gasteiger partial charge in [0.05, 0.1) is 7.11 Å². The van der Waals surface area contributed by atoms with Crippen molar-refractivity contribution in [2.24, 2.45) is 5.41 Å². The highest BCUT2D eigenvalue weighted by atomic mass is 16.5. The van der Waals surface area contributed by atoms with Gasteiger partial charge in [-0.1, -0.05) is 18.2 Å². The Balaban J connectivity index is 2.24. The van der Waals surface area contributed by atoms with Crippen LogP contribution in [0.15, 0.2) is 18.2 Å². The number of methoxy groups -OCH3 is 1. The fourth-order valence-corrected chi connectivity index (χ4v) is 2.12.